The SMILES string of the molecule is Oc1ccnc(Nc2ccc(Cc3nnn[nH]3)cc2)c1. The summed E-state index contributed by atoms with van der Waals surface area (Å²) in [6.07, 6.45) is 2.20. The lowest BCUT2D eigenvalue weighted by Gasteiger charge is -2.06. The number of rotatable bonds is 4. The second kappa shape index (κ2) is 5.35. The van der Waals surface area contributed by atoms with E-state index in [1.54, 1.807) is 12.3 Å². The number of aromatic hydroxyl groups is 1. The number of anilines is 2. The monoisotopic (exact) mass is 268 g/mol. The van der Waals surface area contributed by atoms with E-state index in [2.05, 4.69) is 30.9 Å². The zero-order chi connectivity index (χ0) is 13.8. The van der Waals surface area contributed by atoms with E-state index in [-0.39, 0.29) is 5.75 Å². The smallest absolute Gasteiger partial charge is 0.152 e. The first-order valence-electron chi connectivity index (χ1n) is 6.03. The molecule has 0 saturated carbocycles. The van der Waals surface area contributed by atoms with Gasteiger partial charge in [0.25, 0.3) is 0 Å². The molecule has 3 N–H and O–H groups in total. The molecule has 0 aliphatic carbocycles. The minimum absolute atomic E-state index is 0.178. The summed E-state index contributed by atoms with van der Waals surface area (Å²) < 4.78 is 0. The fraction of sp³-hybridized carbons (Fsp3) is 0.0769. The molecule has 7 heteroatoms. The van der Waals surface area contributed by atoms with Gasteiger partial charge in [0.05, 0.1) is 0 Å². The van der Waals surface area contributed by atoms with Crippen LogP contribution in [-0.2, 0) is 6.42 Å². The van der Waals surface area contributed by atoms with E-state index in [1.165, 1.54) is 6.07 Å². The third-order valence-electron chi connectivity index (χ3n) is 2.73. The second-order valence-corrected chi connectivity index (χ2v) is 4.25. The highest BCUT2D eigenvalue weighted by atomic mass is 16.3. The van der Waals surface area contributed by atoms with Gasteiger partial charge >= 0.3 is 0 Å². The van der Waals surface area contributed by atoms with Crippen LogP contribution < -0.4 is 5.32 Å². The predicted molar refractivity (Wildman–Crippen MR) is 72.6 cm³/mol. The quantitative estimate of drug-likeness (QED) is 0.665. The highest BCUT2D eigenvalue weighted by molar-refractivity contribution is 5.57. The van der Waals surface area contributed by atoms with E-state index in [1.807, 2.05) is 24.3 Å². The molecule has 7 nitrogen and oxygen atoms in total. The van der Waals surface area contributed by atoms with Gasteiger partial charge in [-0.25, -0.2) is 10.1 Å². The highest BCUT2D eigenvalue weighted by Crippen LogP contribution is 2.18. The van der Waals surface area contributed by atoms with E-state index < -0.39 is 0 Å². The third kappa shape index (κ3) is 2.89. The Hall–Kier alpha value is -2.96. The van der Waals surface area contributed by atoms with Crippen LogP contribution in [0.3, 0.4) is 0 Å². The highest BCUT2D eigenvalue weighted by Gasteiger charge is 2.01. The number of nitrogens with one attached hydrogen (secondary N) is 2. The minimum Gasteiger partial charge on any atom is -0.508 e. The molecule has 3 aromatic rings. The molecular formula is C13H12N6O. The van der Waals surface area contributed by atoms with Crippen LogP contribution >= 0.6 is 0 Å². The lowest BCUT2D eigenvalue weighted by atomic mass is 10.1. The van der Waals surface area contributed by atoms with E-state index in [0.717, 1.165) is 17.1 Å². The van der Waals surface area contributed by atoms with Gasteiger partial charge in [-0.2, -0.15) is 0 Å². The number of tetrazole rings is 1. The van der Waals surface area contributed by atoms with Crippen LogP contribution in [0.1, 0.15) is 11.4 Å². The van der Waals surface area contributed by atoms with Crippen molar-refractivity contribution in [3.8, 4) is 5.75 Å². The first-order valence-corrected chi connectivity index (χ1v) is 6.03. The van der Waals surface area contributed by atoms with E-state index >= 15 is 0 Å². The van der Waals surface area contributed by atoms with Crippen molar-refractivity contribution in [2.75, 3.05) is 5.32 Å². The van der Waals surface area contributed by atoms with Crippen molar-refractivity contribution in [1.82, 2.24) is 25.6 Å². The summed E-state index contributed by atoms with van der Waals surface area (Å²) in [5.41, 5.74) is 1.99. The van der Waals surface area contributed by atoms with Crippen molar-refractivity contribution in [2.45, 2.75) is 6.42 Å². The standard InChI is InChI=1S/C13H12N6O/c20-11-5-6-14-12(8-11)15-10-3-1-9(2-4-10)7-13-16-18-19-17-13/h1-6,8H,7H2,(H2,14,15,20)(H,16,17,18,19). The number of pyridine rings is 1. The Morgan fingerprint density at radius 2 is 2.00 bits per heavy atom. The Labute approximate surface area is 114 Å². The van der Waals surface area contributed by atoms with Gasteiger partial charge in [-0.1, -0.05) is 12.1 Å². The molecule has 2 heterocycles. The molecule has 0 atom stereocenters. The summed E-state index contributed by atoms with van der Waals surface area (Å²) in [6.45, 7) is 0. The van der Waals surface area contributed by atoms with E-state index in [9.17, 15) is 5.11 Å². The molecule has 0 saturated heterocycles. The number of hydrogen-bond donors (Lipinski definition) is 3. The van der Waals surface area contributed by atoms with Gasteiger partial charge in [0.15, 0.2) is 5.82 Å². The summed E-state index contributed by atoms with van der Waals surface area (Å²) >= 11 is 0. The summed E-state index contributed by atoms with van der Waals surface area (Å²) in [4.78, 5) is 4.12. The second-order valence-electron chi connectivity index (χ2n) is 4.25. The number of aromatic nitrogens is 5. The fourth-order valence-corrected chi connectivity index (χ4v) is 1.79. The zero-order valence-electron chi connectivity index (χ0n) is 10.5. The molecule has 0 radical (unpaired) electrons. The Kier molecular flexibility index (Phi) is 3.24. The van der Waals surface area contributed by atoms with Crippen LogP contribution in [0.25, 0.3) is 0 Å². The van der Waals surface area contributed by atoms with Gasteiger partial charge in [0.1, 0.15) is 11.6 Å². The van der Waals surface area contributed by atoms with Crippen molar-refractivity contribution in [2.24, 2.45) is 0 Å². The number of hydrogen-bond acceptors (Lipinski definition) is 6. The molecule has 20 heavy (non-hydrogen) atoms. The molecule has 0 aliphatic rings. The zero-order valence-corrected chi connectivity index (χ0v) is 10.5. The van der Waals surface area contributed by atoms with Gasteiger partial charge in [-0.15, -0.1) is 5.10 Å². The largest absolute Gasteiger partial charge is 0.508 e. The average Bonchev–Trinajstić information content (AvgIpc) is 2.94. The minimum atomic E-state index is 0.178. The van der Waals surface area contributed by atoms with E-state index in [0.29, 0.717) is 12.2 Å². The Bertz CT molecular complexity index is 680. The molecule has 0 fully saturated rings. The average molecular weight is 268 g/mol. The van der Waals surface area contributed by atoms with Crippen LogP contribution in [-0.4, -0.2) is 30.7 Å². The molecule has 0 unspecified atom stereocenters. The number of benzene rings is 1. The first kappa shape index (κ1) is 12.1. The Morgan fingerprint density at radius 1 is 1.15 bits per heavy atom. The maximum Gasteiger partial charge on any atom is 0.152 e. The Morgan fingerprint density at radius 3 is 2.70 bits per heavy atom. The number of nitrogens with zero attached hydrogens (tertiary/aromatic N) is 4. The van der Waals surface area contributed by atoms with Crippen LogP contribution in [0.4, 0.5) is 11.5 Å². The molecule has 0 bridgehead atoms. The lowest BCUT2D eigenvalue weighted by molar-refractivity contribution is 0.475. The number of H-pyrrole nitrogens is 1. The molecule has 1 aromatic carbocycles. The van der Waals surface area contributed by atoms with Gasteiger partial charge in [0.2, 0.25) is 0 Å². The molecular weight excluding hydrogens is 256 g/mol. The normalized spacial score (nSPS) is 10.4. The first-order chi connectivity index (χ1) is 9.79. The predicted octanol–water partition coefficient (Wildman–Crippen LogP) is 1.63. The third-order valence-corrected chi connectivity index (χ3v) is 2.73. The van der Waals surface area contributed by atoms with Crippen molar-refractivity contribution >= 4 is 11.5 Å². The van der Waals surface area contributed by atoms with Gasteiger partial charge in [-0.3, -0.25) is 0 Å². The van der Waals surface area contributed by atoms with Gasteiger partial charge in [-0.05, 0) is 34.2 Å². The summed E-state index contributed by atoms with van der Waals surface area (Å²) in [5.74, 6) is 1.49. The van der Waals surface area contributed by atoms with Crippen molar-refractivity contribution in [3.63, 3.8) is 0 Å². The summed E-state index contributed by atoms with van der Waals surface area (Å²) in [6, 6.07) is 10.9. The molecule has 0 aliphatic heterocycles. The van der Waals surface area contributed by atoms with Gasteiger partial charge < -0.3 is 10.4 Å². The van der Waals surface area contributed by atoms with Crippen LogP contribution in [0.15, 0.2) is 42.6 Å². The van der Waals surface area contributed by atoms with Crippen LogP contribution in [0.2, 0.25) is 0 Å². The molecule has 0 amide bonds. The number of aromatic amines is 1. The molecule has 3 rings (SSSR count). The topological polar surface area (TPSA) is 99.6 Å². The van der Waals surface area contributed by atoms with Crippen molar-refractivity contribution in [3.05, 3.63) is 54.0 Å². The summed E-state index contributed by atoms with van der Waals surface area (Å²) in [7, 11) is 0. The van der Waals surface area contributed by atoms with Crippen molar-refractivity contribution in [1.29, 1.82) is 0 Å². The maximum absolute atomic E-state index is 9.38. The van der Waals surface area contributed by atoms with Crippen LogP contribution in [0.5, 0.6) is 5.75 Å². The summed E-state index contributed by atoms with van der Waals surface area (Å²) in [5, 5.41) is 26.1. The molecule has 0 spiro atoms. The maximum atomic E-state index is 9.38. The molecule has 2 aromatic heterocycles. The Balaban J connectivity index is 1.70. The lowest BCUT2D eigenvalue weighted by Crippen LogP contribution is -1.94. The molecule has 100 valence electrons. The van der Waals surface area contributed by atoms with Crippen molar-refractivity contribution < 1.29 is 5.11 Å². The van der Waals surface area contributed by atoms with E-state index in [4.69, 9.17) is 0 Å². The fourth-order valence-electron chi connectivity index (χ4n) is 1.79. The van der Waals surface area contributed by atoms with Crippen LogP contribution in [0, 0.1) is 0 Å². The van der Waals surface area contributed by atoms with Gasteiger partial charge in [0, 0.05) is 24.4 Å².